The van der Waals surface area contributed by atoms with E-state index in [4.69, 9.17) is 0 Å². The second-order valence-electron chi connectivity index (χ2n) is 3.06. The van der Waals surface area contributed by atoms with E-state index in [2.05, 4.69) is 35.8 Å². The molecule has 0 aliphatic rings. The van der Waals surface area contributed by atoms with Crippen LogP contribution in [0.1, 0.15) is 0 Å². The number of hydrogen-bond donors (Lipinski definition) is 0. The predicted octanol–water partition coefficient (Wildman–Crippen LogP) is 2.03. The van der Waals surface area contributed by atoms with Crippen molar-refractivity contribution in [3.05, 3.63) is 12.3 Å². The van der Waals surface area contributed by atoms with Crippen LogP contribution < -0.4 is 0 Å². The largest absolute Gasteiger partial charge is 0.504 e. The van der Waals surface area contributed by atoms with E-state index in [1.165, 1.54) is 0 Å². The van der Waals surface area contributed by atoms with Crippen molar-refractivity contribution in [3.8, 4) is 11.5 Å². The Balaban J connectivity index is 3.81. The van der Waals surface area contributed by atoms with Crippen LogP contribution in [0, 0.1) is 11.5 Å². The summed E-state index contributed by atoms with van der Waals surface area (Å²) >= 11 is 0. The van der Waals surface area contributed by atoms with Crippen LogP contribution in [0.3, 0.4) is 0 Å². The zero-order chi connectivity index (χ0) is 8.04. The molecule has 0 N–H and O–H groups in total. The summed E-state index contributed by atoms with van der Waals surface area (Å²) in [6.45, 7) is 6.63. The molecule has 0 spiro atoms. The molecule has 0 atom stereocenters. The van der Waals surface area contributed by atoms with Crippen molar-refractivity contribution in [1.82, 2.24) is 0 Å². The van der Waals surface area contributed by atoms with Gasteiger partial charge in [-0.05, 0) is 0 Å². The highest BCUT2D eigenvalue weighted by molar-refractivity contribution is 6.83. The lowest BCUT2D eigenvalue weighted by molar-refractivity contribution is 0.338. The van der Waals surface area contributed by atoms with Gasteiger partial charge in [0.05, 0.1) is 13.4 Å². The third-order valence-electron chi connectivity index (χ3n) is 0.735. The van der Waals surface area contributed by atoms with Gasteiger partial charge in [-0.15, -0.1) is 5.54 Å². The number of allylic oxidation sites excluding steroid dienone is 1. The lowest BCUT2D eigenvalue weighted by atomic mass is 10.7. The standard InChI is InChI=1S/C8H14OSi/c1-9-7-5-6-8-10(2,3)4/h5,7H,1-4H3/b7-5-. The van der Waals surface area contributed by atoms with Gasteiger partial charge in [0.15, 0.2) is 0 Å². The second kappa shape index (κ2) is 4.18. The van der Waals surface area contributed by atoms with Gasteiger partial charge in [0, 0.05) is 6.08 Å². The maximum atomic E-state index is 4.69. The van der Waals surface area contributed by atoms with Gasteiger partial charge in [-0.3, -0.25) is 0 Å². The minimum absolute atomic E-state index is 1.18. The summed E-state index contributed by atoms with van der Waals surface area (Å²) in [5, 5.41) is 0. The summed E-state index contributed by atoms with van der Waals surface area (Å²) in [7, 11) is 0.443. The van der Waals surface area contributed by atoms with Crippen LogP contribution in [0.25, 0.3) is 0 Å². The van der Waals surface area contributed by atoms with E-state index in [1.807, 2.05) is 0 Å². The molecule has 10 heavy (non-hydrogen) atoms. The molecule has 0 aromatic heterocycles. The molecule has 0 heterocycles. The molecule has 56 valence electrons. The first kappa shape index (κ1) is 9.32. The fraction of sp³-hybridized carbons (Fsp3) is 0.500. The van der Waals surface area contributed by atoms with Crippen molar-refractivity contribution < 1.29 is 4.74 Å². The van der Waals surface area contributed by atoms with E-state index in [1.54, 1.807) is 19.4 Å². The van der Waals surface area contributed by atoms with Crippen molar-refractivity contribution >= 4 is 8.07 Å². The molecule has 0 unspecified atom stereocenters. The lowest BCUT2D eigenvalue weighted by Gasteiger charge is -2.01. The van der Waals surface area contributed by atoms with E-state index in [9.17, 15) is 0 Å². The molecule has 0 aromatic rings. The molecule has 0 aliphatic carbocycles. The Labute approximate surface area is 64.1 Å². The number of ether oxygens (including phenoxy) is 1. The van der Waals surface area contributed by atoms with Crippen LogP contribution in [0.4, 0.5) is 0 Å². The van der Waals surface area contributed by atoms with Gasteiger partial charge in [-0.25, -0.2) is 0 Å². The van der Waals surface area contributed by atoms with Crippen molar-refractivity contribution in [2.24, 2.45) is 0 Å². The Kier molecular flexibility index (Phi) is 3.90. The maximum Gasteiger partial charge on any atom is 0.129 e. The van der Waals surface area contributed by atoms with Gasteiger partial charge < -0.3 is 4.74 Å². The molecular weight excluding hydrogens is 140 g/mol. The van der Waals surface area contributed by atoms with Gasteiger partial charge in [0.2, 0.25) is 0 Å². The average molecular weight is 154 g/mol. The molecule has 0 fully saturated rings. The summed E-state index contributed by atoms with van der Waals surface area (Å²) in [5.41, 5.74) is 3.18. The van der Waals surface area contributed by atoms with E-state index >= 15 is 0 Å². The van der Waals surface area contributed by atoms with Gasteiger partial charge in [-0.2, -0.15) is 0 Å². The molecule has 0 rings (SSSR count). The van der Waals surface area contributed by atoms with Gasteiger partial charge >= 0.3 is 0 Å². The zero-order valence-electron chi connectivity index (χ0n) is 7.06. The Morgan fingerprint density at radius 1 is 1.30 bits per heavy atom. The third kappa shape index (κ3) is 7.32. The highest BCUT2D eigenvalue weighted by atomic mass is 28.3. The molecule has 0 aliphatic heterocycles. The number of rotatable bonds is 1. The van der Waals surface area contributed by atoms with Crippen LogP contribution in [-0.4, -0.2) is 15.2 Å². The minimum atomic E-state index is -1.18. The molecule has 0 saturated heterocycles. The van der Waals surface area contributed by atoms with Gasteiger partial charge in [-0.1, -0.05) is 25.6 Å². The highest BCUT2D eigenvalue weighted by Gasteiger charge is 2.06. The van der Waals surface area contributed by atoms with E-state index in [0.717, 1.165) is 0 Å². The Morgan fingerprint density at radius 3 is 2.30 bits per heavy atom. The summed E-state index contributed by atoms with van der Waals surface area (Å²) in [4.78, 5) is 0. The molecule has 0 saturated carbocycles. The summed E-state index contributed by atoms with van der Waals surface area (Å²) in [6.07, 6.45) is 3.32. The fourth-order valence-corrected chi connectivity index (χ4v) is 0.877. The monoisotopic (exact) mass is 154 g/mol. The average Bonchev–Trinajstić information content (AvgIpc) is 1.78. The normalized spacial score (nSPS) is 10.8. The van der Waals surface area contributed by atoms with Crippen LogP contribution in [0.5, 0.6) is 0 Å². The first-order chi connectivity index (χ1) is 4.56. The van der Waals surface area contributed by atoms with Crippen molar-refractivity contribution in [3.63, 3.8) is 0 Å². The SMILES string of the molecule is CO/C=C\C#C[Si](C)(C)C. The second-order valence-corrected chi connectivity index (χ2v) is 7.81. The molecule has 0 amide bonds. The van der Waals surface area contributed by atoms with Crippen LogP contribution in [0.2, 0.25) is 19.6 Å². The third-order valence-corrected chi connectivity index (χ3v) is 1.63. The van der Waals surface area contributed by atoms with E-state index in [-0.39, 0.29) is 0 Å². The van der Waals surface area contributed by atoms with Gasteiger partial charge in [0.25, 0.3) is 0 Å². The summed E-state index contributed by atoms with van der Waals surface area (Å²) in [5.74, 6) is 2.93. The smallest absolute Gasteiger partial charge is 0.129 e. The predicted molar refractivity (Wildman–Crippen MR) is 47.3 cm³/mol. The molecule has 0 radical (unpaired) electrons. The lowest BCUT2D eigenvalue weighted by Crippen LogP contribution is -2.16. The summed E-state index contributed by atoms with van der Waals surface area (Å²) in [6, 6.07) is 0. The maximum absolute atomic E-state index is 4.69. The van der Waals surface area contributed by atoms with Crippen LogP contribution in [0.15, 0.2) is 12.3 Å². The van der Waals surface area contributed by atoms with E-state index in [0.29, 0.717) is 0 Å². The molecular formula is C8H14OSi. The Morgan fingerprint density at radius 2 is 1.90 bits per heavy atom. The van der Waals surface area contributed by atoms with Crippen LogP contribution >= 0.6 is 0 Å². The first-order valence-electron chi connectivity index (χ1n) is 3.27. The number of methoxy groups -OCH3 is 1. The van der Waals surface area contributed by atoms with Crippen molar-refractivity contribution in [1.29, 1.82) is 0 Å². The quantitative estimate of drug-likeness (QED) is 0.319. The molecule has 0 aromatic carbocycles. The fourth-order valence-electron chi connectivity index (χ4n) is 0.360. The minimum Gasteiger partial charge on any atom is -0.504 e. The zero-order valence-corrected chi connectivity index (χ0v) is 8.06. The van der Waals surface area contributed by atoms with Crippen LogP contribution in [-0.2, 0) is 4.74 Å². The molecule has 2 heteroatoms. The Hall–Kier alpha value is -0.683. The Bertz CT molecular complexity index is 166. The molecule has 1 nitrogen and oxygen atoms in total. The van der Waals surface area contributed by atoms with Crippen molar-refractivity contribution in [2.75, 3.05) is 7.11 Å². The number of hydrogen-bond acceptors (Lipinski definition) is 1. The summed E-state index contributed by atoms with van der Waals surface area (Å²) < 4.78 is 4.69. The highest BCUT2D eigenvalue weighted by Crippen LogP contribution is 1.95. The topological polar surface area (TPSA) is 9.23 Å². The van der Waals surface area contributed by atoms with Gasteiger partial charge in [0.1, 0.15) is 8.07 Å². The molecule has 0 bridgehead atoms. The van der Waals surface area contributed by atoms with Crippen molar-refractivity contribution in [2.45, 2.75) is 19.6 Å². The van der Waals surface area contributed by atoms with E-state index < -0.39 is 8.07 Å². The first-order valence-corrected chi connectivity index (χ1v) is 6.77.